The van der Waals surface area contributed by atoms with Gasteiger partial charge in [-0.2, -0.15) is 0 Å². The van der Waals surface area contributed by atoms with E-state index in [9.17, 15) is 9.90 Å². The van der Waals surface area contributed by atoms with E-state index in [-0.39, 0.29) is 11.3 Å². The molecule has 0 bridgehead atoms. The standard InChI is InChI=1S/C15H21NO2/c1-2-6-13(17)16-11-15(9-10-15)14(18)12-7-4-3-5-8-12/h3-5,7-8,14,18H,2,6,9-11H2,1H3,(H,16,17). The van der Waals surface area contributed by atoms with Crippen molar-refractivity contribution >= 4 is 5.91 Å². The Morgan fingerprint density at radius 3 is 2.61 bits per heavy atom. The zero-order valence-electron chi connectivity index (χ0n) is 10.9. The second-order valence-electron chi connectivity index (χ2n) is 5.20. The van der Waals surface area contributed by atoms with Crippen molar-refractivity contribution in [3.63, 3.8) is 0 Å². The maximum absolute atomic E-state index is 11.5. The summed E-state index contributed by atoms with van der Waals surface area (Å²) in [6, 6.07) is 9.70. The van der Waals surface area contributed by atoms with Crippen molar-refractivity contribution in [3.05, 3.63) is 35.9 Å². The average Bonchev–Trinajstić information content (AvgIpc) is 3.18. The van der Waals surface area contributed by atoms with Crippen molar-refractivity contribution in [1.29, 1.82) is 0 Å². The number of carbonyl (C=O) groups excluding carboxylic acids is 1. The fourth-order valence-electron chi connectivity index (χ4n) is 2.29. The third-order valence-corrected chi connectivity index (χ3v) is 3.70. The highest BCUT2D eigenvalue weighted by atomic mass is 16.3. The molecule has 2 N–H and O–H groups in total. The molecule has 2 rings (SSSR count). The second-order valence-corrected chi connectivity index (χ2v) is 5.20. The molecule has 1 aliphatic rings. The zero-order valence-corrected chi connectivity index (χ0v) is 10.9. The van der Waals surface area contributed by atoms with Crippen LogP contribution in [-0.4, -0.2) is 17.6 Å². The summed E-state index contributed by atoms with van der Waals surface area (Å²) in [7, 11) is 0. The van der Waals surface area contributed by atoms with Crippen LogP contribution in [-0.2, 0) is 4.79 Å². The molecule has 18 heavy (non-hydrogen) atoms. The van der Waals surface area contributed by atoms with Gasteiger partial charge < -0.3 is 10.4 Å². The van der Waals surface area contributed by atoms with E-state index in [1.165, 1.54) is 0 Å². The summed E-state index contributed by atoms with van der Waals surface area (Å²) in [4.78, 5) is 11.5. The Morgan fingerprint density at radius 1 is 1.39 bits per heavy atom. The highest BCUT2D eigenvalue weighted by molar-refractivity contribution is 5.75. The van der Waals surface area contributed by atoms with Crippen molar-refractivity contribution in [2.24, 2.45) is 5.41 Å². The Balaban J connectivity index is 1.93. The fraction of sp³-hybridized carbons (Fsp3) is 0.533. The van der Waals surface area contributed by atoms with Crippen molar-refractivity contribution in [2.45, 2.75) is 38.7 Å². The van der Waals surface area contributed by atoms with Crippen molar-refractivity contribution < 1.29 is 9.90 Å². The molecule has 1 saturated carbocycles. The number of aliphatic hydroxyl groups is 1. The lowest BCUT2D eigenvalue weighted by molar-refractivity contribution is -0.121. The molecule has 0 radical (unpaired) electrons. The van der Waals surface area contributed by atoms with Crippen LogP contribution < -0.4 is 5.32 Å². The number of hydrogen-bond acceptors (Lipinski definition) is 2. The lowest BCUT2D eigenvalue weighted by Gasteiger charge is -2.23. The first kappa shape index (κ1) is 13.1. The number of amides is 1. The molecule has 3 nitrogen and oxygen atoms in total. The van der Waals surface area contributed by atoms with Crippen LogP contribution in [0, 0.1) is 5.41 Å². The Bertz CT molecular complexity index is 398. The third kappa shape index (κ3) is 2.91. The van der Waals surface area contributed by atoms with Gasteiger partial charge in [0.15, 0.2) is 0 Å². The zero-order chi connectivity index (χ0) is 13.0. The van der Waals surface area contributed by atoms with Crippen LogP contribution in [0.2, 0.25) is 0 Å². The van der Waals surface area contributed by atoms with Gasteiger partial charge in [-0.15, -0.1) is 0 Å². The predicted octanol–water partition coefficient (Wildman–Crippen LogP) is 2.42. The van der Waals surface area contributed by atoms with E-state index in [0.717, 1.165) is 24.8 Å². The van der Waals surface area contributed by atoms with Gasteiger partial charge in [0, 0.05) is 18.4 Å². The summed E-state index contributed by atoms with van der Waals surface area (Å²) in [6.45, 7) is 2.58. The Hall–Kier alpha value is -1.35. The van der Waals surface area contributed by atoms with Gasteiger partial charge in [0.2, 0.25) is 5.91 Å². The van der Waals surface area contributed by atoms with Crippen LogP contribution in [0.3, 0.4) is 0 Å². The topological polar surface area (TPSA) is 49.3 Å². The van der Waals surface area contributed by atoms with E-state index in [4.69, 9.17) is 0 Å². The molecule has 0 saturated heterocycles. The lowest BCUT2D eigenvalue weighted by atomic mass is 9.92. The summed E-state index contributed by atoms with van der Waals surface area (Å²) in [5.74, 6) is 0.0871. The highest BCUT2D eigenvalue weighted by Gasteiger charge is 2.49. The summed E-state index contributed by atoms with van der Waals surface area (Å²) >= 11 is 0. The molecule has 0 spiro atoms. The van der Waals surface area contributed by atoms with Gasteiger partial charge in [-0.25, -0.2) is 0 Å². The normalized spacial score (nSPS) is 18.1. The van der Waals surface area contributed by atoms with Crippen LogP contribution in [0.15, 0.2) is 30.3 Å². The minimum absolute atomic E-state index is 0.0871. The molecule has 1 amide bonds. The van der Waals surface area contributed by atoms with Crippen LogP contribution in [0.4, 0.5) is 0 Å². The maximum atomic E-state index is 11.5. The fourth-order valence-corrected chi connectivity index (χ4v) is 2.29. The van der Waals surface area contributed by atoms with Gasteiger partial charge in [0.05, 0.1) is 6.10 Å². The number of rotatable bonds is 6. The summed E-state index contributed by atoms with van der Waals surface area (Å²) in [5, 5.41) is 13.3. The lowest BCUT2D eigenvalue weighted by Crippen LogP contribution is -2.33. The smallest absolute Gasteiger partial charge is 0.220 e. The summed E-state index contributed by atoms with van der Waals surface area (Å²) in [5.41, 5.74) is 0.810. The number of carbonyl (C=O) groups is 1. The summed E-state index contributed by atoms with van der Waals surface area (Å²) < 4.78 is 0. The molecule has 98 valence electrons. The first-order chi connectivity index (χ1) is 8.68. The molecule has 1 unspecified atom stereocenters. The number of hydrogen-bond donors (Lipinski definition) is 2. The molecule has 0 heterocycles. The Labute approximate surface area is 108 Å². The number of nitrogens with one attached hydrogen (secondary N) is 1. The van der Waals surface area contributed by atoms with Crippen LogP contribution in [0.25, 0.3) is 0 Å². The largest absolute Gasteiger partial charge is 0.388 e. The quantitative estimate of drug-likeness (QED) is 0.811. The molecule has 1 fully saturated rings. The molecule has 3 heteroatoms. The van der Waals surface area contributed by atoms with Gasteiger partial charge >= 0.3 is 0 Å². The monoisotopic (exact) mass is 247 g/mol. The molecular formula is C15H21NO2. The van der Waals surface area contributed by atoms with E-state index in [1.54, 1.807) is 0 Å². The van der Waals surface area contributed by atoms with Gasteiger partial charge in [0.1, 0.15) is 0 Å². The summed E-state index contributed by atoms with van der Waals surface area (Å²) in [6.07, 6.45) is 2.92. The highest BCUT2D eigenvalue weighted by Crippen LogP contribution is 2.54. The molecular weight excluding hydrogens is 226 g/mol. The Morgan fingerprint density at radius 2 is 2.06 bits per heavy atom. The third-order valence-electron chi connectivity index (χ3n) is 3.70. The number of benzene rings is 1. The molecule has 0 aromatic heterocycles. The van der Waals surface area contributed by atoms with Gasteiger partial charge in [-0.3, -0.25) is 4.79 Å². The van der Waals surface area contributed by atoms with E-state index in [1.807, 2.05) is 37.3 Å². The van der Waals surface area contributed by atoms with Gasteiger partial charge in [-0.05, 0) is 24.8 Å². The van der Waals surface area contributed by atoms with E-state index in [2.05, 4.69) is 5.32 Å². The Kier molecular flexibility index (Phi) is 4.02. The van der Waals surface area contributed by atoms with Crippen LogP contribution in [0.1, 0.15) is 44.3 Å². The predicted molar refractivity (Wildman–Crippen MR) is 71.0 cm³/mol. The van der Waals surface area contributed by atoms with E-state index < -0.39 is 6.10 Å². The van der Waals surface area contributed by atoms with Gasteiger partial charge in [0.25, 0.3) is 0 Å². The minimum atomic E-state index is -0.472. The van der Waals surface area contributed by atoms with Crippen LogP contribution >= 0.6 is 0 Å². The van der Waals surface area contributed by atoms with Gasteiger partial charge in [-0.1, -0.05) is 37.3 Å². The van der Waals surface area contributed by atoms with Crippen LogP contribution in [0.5, 0.6) is 0 Å². The van der Waals surface area contributed by atoms with Crippen molar-refractivity contribution in [3.8, 4) is 0 Å². The molecule has 1 aromatic carbocycles. The molecule has 0 aliphatic heterocycles. The maximum Gasteiger partial charge on any atom is 0.220 e. The van der Waals surface area contributed by atoms with E-state index in [0.29, 0.717) is 13.0 Å². The molecule has 1 atom stereocenters. The number of aliphatic hydroxyl groups excluding tert-OH is 1. The van der Waals surface area contributed by atoms with E-state index >= 15 is 0 Å². The second kappa shape index (κ2) is 5.53. The minimum Gasteiger partial charge on any atom is -0.388 e. The SMILES string of the molecule is CCCC(=O)NCC1(C(O)c2ccccc2)CC1. The van der Waals surface area contributed by atoms with Crippen molar-refractivity contribution in [1.82, 2.24) is 5.32 Å². The van der Waals surface area contributed by atoms with Crippen molar-refractivity contribution in [2.75, 3.05) is 6.54 Å². The first-order valence-electron chi connectivity index (χ1n) is 6.68. The molecule has 1 aromatic rings. The first-order valence-corrected chi connectivity index (χ1v) is 6.68. The molecule has 1 aliphatic carbocycles. The average molecular weight is 247 g/mol.